The van der Waals surface area contributed by atoms with Crippen molar-refractivity contribution in [3.8, 4) is 0 Å². The lowest BCUT2D eigenvalue weighted by Crippen LogP contribution is -2.59. The molecule has 4 rings (SSSR count). The molecule has 0 aromatic carbocycles. The average molecular weight is 438 g/mol. The maximum atomic E-state index is 13.2. The van der Waals surface area contributed by atoms with E-state index in [-0.39, 0.29) is 17.8 Å². The van der Waals surface area contributed by atoms with Crippen molar-refractivity contribution in [2.24, 2.45) is 29.1 Å². The van der Waals surface area contributed by atoms with E-state index in [4.69, 9.17) is 14.2 Å². The zero-order chi connectivity index (χ0) is 23.4. The number of carbonyl (C=O) groups is 4. The number of aliphatic carboxylic acids is 1. The number of esters is 3. The maximum absolute atomic E-state index is 13.2. The molecule has 4 fully saturated rings. The Labute approximate surface area is 183 Å². The van der Waals surface area contributed by atoms with E-state index in [9.17, 15) is 24.3 Å². The first kappa shape index (κ1) is 23.5. The van der Waals surface area contributed by atoms with E-state index in [1.54, 1.807) is 41.5 Å². The smallest absolute Gasteiger partial charge is 0.359 e. The number of hydrogen-bond acceptors (Lipinski definition) is 8. The van der Waals surface area contributed by atoms with Gasteiger partial charge >= 0.3 is 17.9 Å². The summed E-state index contributed by atoms with van der Waals surface area (Å²) in [6, 6.07) is 0. The predicted molar refractivity (Wildman–Crippen MR) is 106 cm³/mol. The lowest BCUT2D eigenvalue weighted by atomic mass is 9.46. The molecule has 0 aromatic heterocycles. The van der Waals surface area contributed by atoms with Crippen LogP contribution in [0, 0.1) is 29.1 Å². The molecule has 0 aromatic rings. The summed E-state index contributed by atoms with van der Waals surface area (Å²) in [7, 11) is 0. The monoisotopic (exact) mass is 437 g/mol. The molecule has 8 nitrogen and oxygen atoms in total. The van der Waals surface area contributed by atoms with E-state index in [0.29, 0.717) is 19.3 Å². The second-order valence-corrected chi connectivity index (χ2v) is 11.4. The average Bonchev–Trinajstić information content (AvgIpc) is 2.55. The Morgan fingerprint density at radius 2 is 1.29 bits per heavy atom. The molecule has 31 heavy (non-hydrogen) atoms. The number of rotatable bonds is 5. The zero-order valence-electron chi connectivity index (χ0n) is 19.2. The van der Waals surface area contributed by atoms with Crippen LogP contribution in [0.4, 0.5) is 0 Å². The molecule has 174 valence electrons. The van der Waals surface area contributed by atoms with Gasteiger partial charge in [0.2, 0.25) is 0 Å². The number of carboxylic acid groups (broad SMARTS) is 1. The van der Waals surface area contributed by atoms with Crippen molar-refractivity contribution in [2.45, 2.75) is 91.0 Å². The molecular formula is C23H33O8-. The Hall–Kier alpha value is -2.12. The van der Waals surface area contributed by atoms with Crippen LogP contribution in [0.3, 0.4) is 0 Å². The standard InChI is InChI=1S/C23H34O8/c1-21(2,3)30-18(25)16(19(26)31-22(4,5)6)29-17(24)15-13-7-12-8-14(15)11-23(9-12,10-13)20(27)28/h12-16H,7-11H2,1-6H3,(H,27,28)/p-1. The quantitative estimate of drug-likeness (QED) is 0.363. The van der Waals surface area contributed by atoms with Gasteiger partial charge in [-0.15, -0.1) is 0 Å². The fourth-order valence-electron chi connectivity index (χ4n) is 5.76. The minimum atomic E-state index is -1.82. The first-order chi connectivity index (χ1) is 14.1. The molecule has 4 aliphatic rings. The van der Waals surface area contributed by atoms with Crippen LogP contribution in [-0.4, -0.2) is 41.2 Å². The fourth-order valence-corrected chi connectivity index (χ4v) is 5.76. The van der Waals surface area contributed by atoms with Gasteiger partial charge in [-0.2, -0.15) is 0 Å². The molecule has 0 spiro atoms. The van der Waals surface area contributed by atoms with Crippen LogP contribution >= 0.6 is 0 Å². The molecule has 0 amide bonds. The van der Waals surface area contributed by atoms with Crippen LogP contribution in [0.2, 0.25) is 0 Å². The third-order valence-corrected chi connectivity index (χ3v) is 6.45. The van der Waals surface area contributed by atoms with E-state index >= 15 is 0 Å². The van der Waals surface area contributed by atoms with E-state index < -0.39 is 52.5 Å². The topological polar surface area (TPSA) is 119 Å². The summed E-state index contributed by atoms with van der Waals surface area (Å²) in [4.78, 5) is 50.3. The van der Waals surface area contributed by atoms with Gasteiger partial charge in [-0.3, -0.25) is 4.79 Å². The first-order valence-electron chi connectivity index (χ1n) is 11.0. The lowest BCUT2D eigenvalue weighted by Gasteiger charge is -2.59. The summed E-state index contributed by atoms with van der Waals surface area (Å²) in [6.07, 6.45) is 1.00. The van der Waals surface area contributed by atoms with E-state index in [1.165, 1.54) is 0 Å². The molecule has 0 heterocycles. The van der Waals surface area contributed by atoms with Crippen LogP contribution in [0.25, 0.3) is 0 Å². The number of carboxylic acids is 1. The Kier molecular flexibility index (Phi) is 5.91. The molecule has 2 unspecified atom stereocenters. The summed E-state index contributed by atoms with van der Waals surface area (Å²) in [5.74, 6) is -4.27. The van der Waals surface area contributed by atoms with Crippen LogP contribution in [0.15, 0.2) is 0 Å². The molecule has 0 saturated heterocycles. The summed E-state index contributed by atoms with van der Waals surface area (Å²) in [5.41, 5.74) is -2.64. The zero-order valence-corrected chi connectivity index (χ0v) is 19.2. The Balaban J connectivity index is 1.78. The second kappa shape index (κ2) is 7.78. The molecule has 0 N–H and O–H groups in total. The summed E-state index contributed by atoms with van der Waals surface area (Å²) >= 11 is 0. The molecular weight excluding hydrogens is 404 g/mol. The van der Waals surface area contributed by atoms with Gasteiger partial charge in [0.1, 0.15) is 11.2 Å². The van der Waals surface area contributed by atoms with Crippen LogP contribution in [0.5, 0.6) is 0 Å². The highest BCUT2D eigenvalue weighted by molar-refractivity contribution is 6.00. The van der Waals surface area contributed by atoms with Gasteiger partial charge < -0.3 is 24.1 Å². The number of carbonyl (C=O) groups excluding carboxylic acids is 4. The van der Waals surface area contributed by atoms with Crippen molar-refractivity contribution >= 4 is 23.9 Å². The molecule has 4 bridgehead atoms. The fraction of sp³-hybridized carbons (Fsp3) is 0.826. The van der Waals surface area contributed by atoms with E-state index in [2.05, 4.69) is 0 Å². The van der Waals surface area contributed by atoms with Crippen molar-refractivity contribution in [3.63, 3.8) is 0 Å². The van der Waals surface area contributed by atoms with Crippen molar-refractivity contribution < 1.29 is 38.5 Å². The minimum Gasteiger partial charge on any atom is -0.550 e. The van der Waals surface area contributed by atoms with Gasteiger partial charge in [0.15, 0.2) is 0 Å². The third kappa shape index (κ3) is 5.04. The normalized spacial score (nSPS) is 32.0. The summed E-state index contributed by atoms with van der Waals surface area (Å²) in [5, 5.41) is 11.8. The SMILES string of the molecule is CC(C)(C)OC(=O)C(OC(=O)C1C2CC3CC1CC(C(=O)[O-])(C3)C2)C(=O)OC(C)(C)C. The Morgan fingerprint density at radius 1 is 0.839 bits per heavy atom. The van der Waals surface area contributed by atoms with Crippen LogP contribution < -0.4 is 5.11 Å². The molecule has 0 aliphatic heterocycles. The largest absolute Gasteiger partial charge is 0.550 e. The Bertz CT molecular complexity index is 727. The minimum absolute atomic E-state index is 0.158. The molecule has 8 heteroatoms. The molecule has 0 radical (unpaired) electrons. The van der Waals surface area contributed by atoms with Crippen LogP contribution in [-0.2, 0) is 33.4 Å². The van der Waals surface area contributed by atoms with Gasteiger partial charge in [-0.1, -0.05) is 0 Å². The first-order valence-corrected chi connectivity index (χ1v) is 11.0. The van der Waals surface area contributed by atoms with Gasteiger partial charge in [0.25, 0.3) is 6.10 Å². The summed E-state index contributed by atoms with van der Waals surface area (Å²) < 4.78 is 16.0. The second-order valence-electron chi connectivity index (χ2n) is 11.4. The lowest BCUT2D eigenvalue weighted by molar-refractivity contribution is -0.328. The van der Waals surface area contributed by atoms with Crippen molar-refractivity contribution in [1.82, 2.24) is 0 Å². The van der Waals surface area contributed by atoms with Gasteiger partial charge in [0, 0.05) is 11.4 Å². The Morgan fingerprint density at radius 3 is 1.68 bits per heavy atom. The van der Waals surface area contributed by atoms with Gasteiger partial charge in [-0.25, -0.2) is 9.59 Å². The molecule has 4 saturated carbocycles. The van der Waals surface area contributed by atoms with Crippen molar-refractivity contribution in [1.29, 1.82) is 0 Å². The van der Waals surface area contributed by atoms with Gasteiger partial charge in [-0.05, 0) is 91.4 Å². The molecule has 4 aliphatic carbocycles. The molecule has 2 atom stereocenters. The highest BCUT2D eigenvalue weighted by Crippen LogP contribution is 2.62. The maximum Gasteiger partial charge on any atom is 0.359 e. The van der Waals surface area contributed by atoms with Crippen molar-refractivity contribution in [2.75, 3.05) is 0 Å². The number of ether oxygens (including phenoxy) is 3. The van der Waals surface area contributed by atoms with E-state index in [1.807, 2.05) is 0 Å². The third-order valence-electron chi connectivity index (χ3n) is 6.45. The van der Waals surface area contributed by atoms with Crippen LogP contribution in [0.1, 0.15) is 73.6 Å². The highest BCUT2D eigenvalue weighted by Gasteiger charge is 2.58. The van der Waals surface area contributed by atoms with E-state index in [0.717, 1.165) is 12.8 Å². The predicted octanol–water partition coefficient (Wildman–Crippen LogP) is 1.77. The van der Waals surface area contributed by atoms with Gasteiger partial charge in [0.05, 0.1) is 5.92 Å². The van der Waals surface area contributed by atoms with Crippen molar-refractivity contribution in [3.05, 3.63) is 0 Å². The number of hydrogen-bond donors (Lipinski definition) is 0. The highest BCUT2D eigenvalue weighted by atomic mass is 16.6. The summed E-state index contributed by atoms with van der Waals surface area (Å²) in [6.45, 7) is 9.89.